The van der Waals surface area contributed by atoms with Gasteiger partial charge in [-0.1, -0.05) is 19.1 Å². The minimum absolute atomic E-state index is 0.105. The van der Waals surface area contributed by atoms with E-state index in [2.05, 4.69) is 0 Å². The van der Waals surface area contributed by atoms with Gasteiger partial charge in [0.05, 0.1) is 11.3 Å². The molecule has 2 N–H and O–H groups in total. The molecule has 2 aliphatic rings. The van der Waals surface area contributed by atoms with Crippen molar-refractivity contribution in [2.45, 2.75) is 31.8 Å². The van der Waals surface area contributed by atoms with Crippen LogP contribution in [-0.4, -0.2) is 47.4 Å². The van der Waals surface area contributed by atoms with Crippen LogP contribution in [0.15, 0.2) is 24.3 Å². The van der Waals surface area contributed by atoms with E-state index in [1.165, 1.54) is 9.80 Å². The van der Waals surface area contributed by atoms with Gasteiger partial charge in [0.1, 0.15) is 0 Å². The third-order valence-electron chi connectivity index (χ3n) is 4.49. The predicted molar refractivity (Wildman–Crippen MR) is 87.4 cm³/mol. The standard InChI is InChI=1S/C17H19N3O5/c1-2-9-19-15(23)11-5-3-4-6-12(11)20-14(22)7-8-17(19,20)16(24)25-10-13(18)21/h3-6H,2,7-10H2,1H3,(H2,18,21)/t17-/m0/s1. The van der Waals surface area contributed by atoms with Crippen molar-refractivity contribution in [3.05, 3.63) is 29.8 Å². The van der Waals surface area contributed by atoms with Crippen LogP contribution < -0.4 is 10.6 Å². The highest BCUT2D eigenvalue weighted by molar-refractivity contribution is 6.15. The minimum atomic E-state index is -1.56. The summed E-state index contributed by atoms with van der Waals surface area (Å²) in [7, 11) is 0. The monoisotopic (exact) mass is 345 g/mol. The first-order chi connectivity index (χ1) is 11.9. The second-order valence-corrected chi connectivity index (χ2v) is 6.06. The highest BCUT2D eigenvalue weighted by Gasteiger charge is 2.61. The lowest BCUT2D eigenvalue weighted by Crippen LogP contribution is -2.68. The number of nitrogens with two attached hydrogens (primary N) is 1. The van der Waals surface area contributed by atoms with E-state index in [-0.39, 0.29) is 31.2 Å². The zero-order valence-electron chi connectivity index (χ0n) is 13.9. The maximum Gasteiger partial charge on any atom is 0.354 e. The number of ether oxygens (including phenoxy) is 1. The highest BCUT2D eigenvalue weighted by atomic mass is 16.5. The van der Waals surface area contributed by atoms with Crippen LogP contribution in [0.5, 0.6) is 0 Å². The molecule has 8 nitrogen and oxygen atoms in total. The van der Waals surface area contributed by atoms with Gasteiger partial charge in [0, 0.05) is 19.4 Å². The summed E-state index contributed by atoms with van der Waals surface area (Å²) in [4.78, 5) is 52.1. The molecular formula is C17H19N3O5. The normalized spacial score (nSPS) is 21.8. The van der Waals surface area contributed by atoms with Crippen LogP contribution in [0.4, 0.5) is 5.69 Å². The fourth-order valence-corrected chi connectivity index (χ4v) is 3.53. The lowest BCUT2D eigenvalue weighted by Gasteiger charge is -2.48. The minimum Gasteiger partial charge on any atom is -0.452 e. The topological polar surface area (TPSA) is 110 Å². The number of carbonyl (C=O) groups excluding carboxylic acids is 4. The van der Waals surface area contributed by atoms with Gasteiger partial charge in [-0.2, -0.15) is 0 Å². The van der Waals surface area contributed by atoms with Crippen LogP contribution in [-0.2, 0) is 19.1 Å². The van der Waals surface area contributed by atoms with E-state index in [0.29, 0.717) is 17.7 Å². The maximum atomic E-state index is 13.0. The summed E-state index contributed by atoms with van der Waals surface area (Å²) in [6.07, 6.45) is 0.817. The maximum absolute atomic E-state index is 13.0. The molecule has 1 saturated heterocycles. The molecule has 1 atom stereocenters. The van der Waals surface area contributed by atoms with Crippen LogP contribution >= 0.6 is 0 Å². The number of nitrogens with zero attached hydrogens (tertiary/aromatic N) is 2. The van der Waals surface area contributed by atoms with Crippen molar-refractivity contribution < 1.29 is 23.9 Å². The molecule has 0 bridgehead atoms. The van der Waals surface area contributed by atoms with Crippen LogP contribution in [0.3, 0.4) is 0 Å². The van der Waals surface area contributed by atoms with Gasteiger partial charge in [-0.25, -0.2) is 4.79 Å². The number of hydrogen-bond donors (Lipinski definition) is 1. The molecule has 1 fully saturated rings. The average Bonchev–Trinajstić information content (AvgIpc) is 2.95. The van der Waals surface area contributed by atoms with E-state index in [9.17, 15) is 19.2 Å². The van der Waals surface area contributed by atoms with Gasteiger partial charge >= 0.3 is 5.97 Å². The summed E-state index contributed by atoms with van der Waals surface area (Å²) in [5.41, 5.74) is 4.24. The first-order valence-corrected chi connectivity index (χ1v) is 8.13. The van der Waals surface area contributed by atoms with E-state index < -0.39 is 24.1 Å². The summed E-state index contributed by atoms with van der Waals surface area (Å²) in [5, 5.41) is 0. The molecule has 0 unspecified atom stereocenters. The van der Waals surface area contributed by atoms with Crippen molar-refractivity contribution in [3.63, 3.8) is 0 Å². The van der Waals surface area contributed by atoms with Crippen LogP contribution in [0, 0.1) is 0 Å². The molecule has 25 heavy (non-hydrogen) atoms. The molecular weight excluding hydrogens is 326 g/mol. The zero-order valence-corrected chi connectivity index (χ0v) is 13.9. The molecule has 0 saturated carbocycles. The number of carbonyl (C=O) groups is 4. The van der Waals surface area contributed by atoms with Gasteiger partial charge in [0.15, 0.2) is 6.61 Å². The van der Waals surface area contributed by atoms with Crippen molar-refractivity contribution >= 4 is 29.4 Å². The molecule has 2 heterocycles. The Bertz CT molecular complexity index is 762. The van der Waals surface area contributed by atoms with Gasteiger partial charge in [-0.3, -0.25) is 19.3 Å². The Kier molecular flexibility index (Phi) is 4.20. The molecule has 1 aromatic rings. The number of amides is 3. The van der Waals surface area contributed by atoms with Crippen molar-refractivity contribution in [2.75, 3.05) is 18.1 Å². The van der Waals surface area contributed by atoms with Crippen molar-refractivity contribution in [3.8, 4) is 0 Å². The number of primary amides is 1. The number of hydrogen-bond acceptors (Lipinski definition) is 5. The number of esters is 1. The Balaban J connectivity index is 2.14. The number of para-hydroxylation sites is 1. The van der Waals surface area contributed by atoms with E-state index in [0.717, 1.165) is 0 Å². The van der Waals surface area contributed by atoms with E-state index >= 15 is 0 Å². The summed E-state index contributed by atoms with van der Waals surface area (Å²) in [6, 6.07) is 6.67. The molecule has 0 spiro atoms. The molecule has 3 amide bonds. The lowest BCUT2D eigenvalue weighted by atomic mass is 9.96. The molecule has 132 valence electrons. The van der Waals surface area contributed by atoms with Crippen LogP contribution in [0.2, 0.25) is 0 Å². The van der Waals surface area contributed by atoms with Gasteiger partial charge in [-0.05, 0) is 18.6 Å². The smallest absolute Gasteiger partial charge is 0.354 e. The Morgan fingerprint density at radius 3 is 2.68 bits per heavy atom. The van der Waals surface area contributed by atoms with Gasteiger partial charge in [0.2, 0.25) is 11.6 Å². The third kappa shape index (κ3) is 2.45. The van der Waals surface area contributed by atoms with Crippen LogP contribution in [0.25, 0.3) is 0 Å². The SMILES string of the molecule is CCCN1C(=O)c2ccccc2N2C(=O)CC[C@]12C(=O)OCC(N)=O. The number of fused-ring (bicyclic) bond motifs is 3. The fourth-order valence-electron chi connectivity index (χ4n) is 3.53. The molecule has 0 radical (unpaired) electrons. The van der Waals surface area contributed by atoms with Crippen molar-refractivity contribution in [2.24, 2.45) is 5.73 Å². The van der Waals surface area contributed by atoms with Gasteiger partial charge in [0.25, 0.3) is 11.8 Å². The second-order valence-electron chi connectivity index (χ2n) is 6.06. The first kappa shape index (κ1) is 16.9. The van der Waals surface area contributed by atoms with Gasteiger partial charge < -0.3 is 15.4 Å². The largest absolute Gasteiger partial charge is 0.452 e. The molecule has 8 heteroatoms. The third-order valence-corrected chi connectivity index (χ3v) is 4.49. The second kappa shape index (κ2) is 6.19. The first-order valence-electron chi connectivity index (χ1n) is 8.13. The van der Waals surface area contributed by atoms with E-state index in [1.54, 1.807) is 24.3 Å². The quantitative estimate of drug-likeness (QED) is 0.777. The van der Waals surface area contributed by atoms with Gasteiger partial charge in [-0.15, -0.1) is 0 Å². The van der Waals surface area contributed by atoms with Crippen molar-refractivity contribution in [1.29, 1.82) is 0 Å². The Morgan fingerprint density at radius 1 is 1.28 bits per heavy atom. The molecule has 2 aliphatic heterocycles. The Labute approximate surface area is 144 Å². The number of anilines is 1. The molecule has 0 aliphatic carbocycles. The van der Waals surface area contributed by atoms with Crippen LogP contribution in [0.1, 0.15) is 36.5 Å². The fraction of sp³-hybridized carbons (Fsp3) is 0.412. The van der Waals surface area contributed by atoms with E-state index in [1.807, 2.05) is 6.92 Å². The average molecular weight is 345 g/mol. The molecule has 1 aromatic carbocycles. The molecule has 0 aromatic heterocycles. The van der Waals surface area contributed by atoms with E-state index in [4.69, 9.17) is 10.5 Å². The zero-order chi connectivity index (χ0) is 18.2. The summed E-state index contributed by atoms with van der Waals surface area (Å²) in [5.74, 6) is -2.21. The number of benzene rings is 1. The predicted octanol–water partition coefficient (Wildman–Crippen LogP) is 0.404. The lowest BCUT2D eigenvalue weighted by molar-refractivity contribution is -0.159. The Hall–Kier alpha value is -2.90. The number of rotatable bonds is 5. The summed E-state index contributed by atoms with van der Waals surface area (Å²) < 4.78 is 5.03. The summed E-state index contributed by atoms with van der Waals surface area (Å²) in [6.45, 7) is 1.55. The van der Waals surface area contributed by atoms with Crippen molar-refractivity contribution in [1.82, 2.24) is 4.90 Å². The highest BCUT2D eigenvalue weighted by Crippen LogP contribution is 2.45. The molecule has 3 rings (SSSR count). The Morgan fingerprint density at radius 2 is 2.00 bits per heavy atom. The summed E-state index contributed by atoms with van der Waals surface area (Å²) >= 11 is 0.